The summed E-state index contributed by atoms with van der Waals surface area (Å²) in [4.78, 5) is 30.0. The first-order valence-electron chi connectivity index (χ1n) is 9.11. The summed E-state index contributed by atoms with van der Waals surface area (Å²) in [5.74, 6) is -3.77. The van der Waals surface area contributed by atoms with E-state index >= 15 is 0 Å². The molecule has 0 saturated carbocycles. The Hall–Kier alpha value is -2.44. The van der Waals surface area contributed by atoms with Crippen LogP contribution < -0.4 is 4.90 Å². The molecule has 1 aromatic rings. The lowest BCUT2D eigenvalue weighted by Crippen LogP contribution is -2.60. The maximum Gasteiger partial charge on any atom is 0.407 e. The molecule has 0 aromatic heterocycles. The van der Waals surface area contributed by atoms with Gasteiger partial charge in [0.1, 0.15) is 5.60 Å². The van der Waals surface area contributed by atoms with E-state index in [-0.39, 0.29) is 5.69 Å². The number of amides is 2. The number of halogens is 3. The van der Waals surface area contributed by atoms with E-state index in [2.05, 4.69) is 4.85 Å². The first kappa shape index (κ1) is 19.9. The highest BCUT2D eigenvalue weighted by Crippen LogP contribution is 2.66. The fourth-order valence-electron chi connectivity index (χ4n) is 5.39. The van der Waals surface area contributed by atoms with Gasteiger partial charge in [-0.3, -0.25) is 9.59 Å². The van der Waals surface area contributed by atoms with E-state index in [4.69, 9.17) is 11.3 Å². The molecule has 0 radical (unpaired) electrons. The van der Waals surface area contributed by atoms with Crippen molar-refractivity contribution >= 4 is 23.2 Å². The zero-order chi connectivity index (χ0) is 21.7. The van der Waals surface area contributed by atoms with Gasteiger partial charge in [-0.15, -0.1) is 0 Å². The molecular weight excluding hydrogens is 389 g/mol. The highest BCUT2D eigenvalue weighted by atomic mass is 19.4. The quantitative estimate of drug-likeness (QED) is 0.572. The Balaban J connectivity index is 1.84. The van der Waals surface area contributed by atoms with Gasteiger partial charge in [0.15, 0.2) is 5.69 Å². The minimum atomic E-state index is -4.81. The SMILES string of the molecule is [C-]#[N+]c1ccc(N2C(=O)[C@@H]3[C@H](C2=O)C2(C)OC3(C)[C@](C)(O)[C@H]2C)cc1C(F)(F)F. The van der Waals surface area contributed by atoms with Crippen LogP contribution >= 0.6 is 0 Å². The number of fused-ring (bicyclic) bond motifs is 5. The van der Waals surface area contributed by atoms with E-state index in [1.165, 1.54) is 0 Å². The minimum Gasteiger partial charge on any atom is -0.387 e. The predicted octanol–water partition coefficient (Wildman–Crippen LogP) is 3.31. The molecule has 1 aromatic carbocycles. The third-order valence-electron chi connectivity index (χ3n) is 7.32. The molecule has 1 N–H and O–H groups in total. The van der Waals surface area contributed by atoms with Crippen molar-refractivity contribution < 1.29 is 32.6 Å². The van der Waals surface area contributed by atoms with Crippen molar-refractivity contribution in [3.63, 3.8) is 0 Å². The van der Waals surface area contributed by atoms with Crippen LogP contribution in [0, 0.1) is 24.3 Å². The number of rotatable bonds is 1. The van der Waals surface area contributed by atoms with Gasteiger partial charge in [-0.05, 0) is 32.9 Å². The molecule has 2 unspecified atom stereocenters. The second-order valence-electron chi connectivity index (χ2n) is 8.54. The summed E-state index contributed by atoms with van der Waals surface area (Å²) >= 11 is 0. The lowest BCUT2D eigenvalue weighted by atomic mass is 9.57. The molecule has 29 heavy (non-hydrogen) atoms. The van der Waals surface area contributed by atoms with Gasteiger partial charge in [0.2, 0.25) is 11.8 Å². The summed E-state index contributed by atoms with van der Waals surface area (Å²) in [6.45, 7) is 13.4. The zero-order valence-corrected chi connectivity index (χ0v) is 16.2. The van der Waals surface area contributed by atoms with E-state index in [0.29, 0.717) is 6.07 Å². The van der Waals surface area contributed by atoms with Crippen molar-refractivity contribution in [3.8, 4) is 0 Å². The molecule has 3 aliphatic rings. The first-order chi connectivity index (χ1) is 13.2. The normalized spacial score (nSPS) is 41.1. The average Bonchev–Trinajstić information content (AvgIpc) is 3.09. The predicted molar refractivity (Wildman–Crippen MR) is 94.9 cm³/mol. The summed E-state index contributed by atoms with van der Waals surface area (Å²) in [5, 5.41) is 11.0. The summed E-state index contributed by atoms with van der Waals surface area (Å²) in [7, 11) is 0. The highest BCUT2D eigenvalue weighted by Gasteiger charge is 2.81. The Labute approximate surface area is 165 Å². The number of hydrogen-bond donors (Lipinski definition) is 1. The van der Waals surface area contributed by atoms with Crippen molar-refractivity contribution in [1.29, 1.82) is 0 Å². The second-order valence-corrected chi connectivity index (χ2v) is 8.54. The van der Waals surface area contributed by atoms with E-state index < -0.39 is 63.8 Å². The first-order valence-corrected chi connectivity index (χ1v) is 9.11. The number of nitrogens with zero attached hydrogens (tertiary/aromatic N) is 2. The van der Waals surface area contributed by atoms with Gasteiger partial charge in [-0.1, -0.05) is 13.0 Å². The van der Waals surface area contributed by atoms with Gasteiger partial charge in [0.05, 0.1) is 35.2 Å². The van der Waals surface area contributed by atoms with Gasteiger partial charge in [0.25, 0.3) is 0 Å². The number of alkyl halides is 3. The maximum absolute atomic E-state index is 13.4. The van der Waals surface area contributed by atoms with E-state index in [0.717, 1.165) is 17.0 Å². The average molecular weight is 408 g/mol. The largest absolute Gasteiger partial charge is 0.407 e. The molecule has 9 heteroatoms. The number of hydrogen-bond acceptors (Lipinski definition) is 4. The van der Waals surface area contributed by atoms with Crippen molar-refractivity contribution in [2.24, 2.45) is 17.8 Å². The van der Waals surface area contributed by atoms with Gasteiger partial charge in [-0.2, -0.15) is 13.2 Å². The Morgan fingerprint density at radius 3 is 2.31 bits per heavy atom. The van der Waals surface area contributed by atoms with Crippen LogP contribution in [0.2, 0.25) is 0 Å². The van der Waals surface area contributed by atoms with Crippen LogP contribution in [0.1, 0.15) is 33.3 Å². The van der Waals surface area contributed by atoms with Crippen LogP contribution in [0.3, 0.4) is 0 Å². The molecule has 3 aliphatic heterocycles. The van der Waals surface area contributed by atoms with Crippen molar-refractivity contribution in [1.82, 2.24) is 0 Å². The van der Waals surface area contributed by atoms with Crippen molar-refractivity contribution in [3.05, 3.63) is 35.2 Å². The summed E-state index contributed by atoms with van der Waals surface area (Å²) < 4.78 is 46.1. The molecule has 0 spiro atoms. The fourth-order valence-corrected chi connectivity index (χ4v) is 5.39. The topological polar surface area (TPSA) is 71.2 Å². The highest BCUT2D eigenvalue weighted by molar-refractivity contribution is 6.23. The molecule has 3 saturated heterocycles. The standard InChI is InChI=1S/C20H19F3N2O4/c1-9-17(2)13-14(19(4,29-17)18(9,3)28)16(27)25(15(13)26)10-6-7-12(24-5)11(8-10)20(21,22)23/h6-9,13-14,28H,1-4H3/t9-,13+,14-,17?,18+,19?/m0/s1. The number of anilines is 1. The molecule has 6 atom stereocenters. The van der Waals surface area contributed by atoms with Crippen molar-refractivity contribution in [2.75, 3.05) is 4.90 Å². The number of ether oxygens (including phenoxy) is 1. The van der Waals surface area contributed by atoms with Crippen LogP contribution in [0.5, 0.6) is 0 Å². The molecule has 4 rings (SSSR count). The maximum atomic E-state index is 13.4. The second kappa shape index (κ2) is 5.37. The lowest BCUT2D eigenvalue weighted by molar-refractivity contribution is -0.146. The van der Waals surface area contributed by atoms with Crippen LogP contribution in [-0.4, -0.2) is 33.7 Å². The number of aliphatic hydroxyl groups is 1. The summed E-state index contributed by atoms with van der Waals surface area (Å²) in [5.41, 5.74) is -5.95. The van der Waals surface area contributed by atoms with Gasteiger partial charge < -0.3 is 9.84 Å². The number of imide groups is 1. The lowest BCUT2D eigenvalue weighted by Gasteiger charge is -2.44. The van der Waals surface area contributed by atoms with Gasteiger partial charge in [-0.25, -0.2) is 9.74 Å². The van der Waals surface area contributed by atoms with E-state index in [9.17, 15) is 27.9 Å². The number of carbonyl (C=O) groups is 2. The molecular formula is C20H19F3N2O4. The Bertz CT molecular complexity index is 998. The zero-order valence-electron chi connectivity index (χ0n) is 16.2. The molecule has 2 bridgehead atoms. The van der Waals surface area contributed by atoms with Crippen LogP contribution in [0.25, 0.3) is 4.85 Å². The van der Waals surface area contributed by atoms with E-state index in [1.807, 2.05) is 0 Å². The molecule has 3 fully saturated rings. The third-order valence-corrected chi connectivity index (χ3v) is 7.32. The monoisotopic (exact) mass is 408 g/mol. The van der Waals surface area contributed by atoms with Crippen LogP contribution in [0.4, 0.5) is 24.5 Å². The van der Waals surface area contributed by atoms with Crippen molar-refractivity contribution in [2.45, 2.75) is 50.7 Å². The van der Waals surface area contributed by atoms with Gasteiger partial charge >= 0.3 is 6.18 Å². The number of carbonyl (C=O) groups excluding carboxylic acids is 2. The molecule has 0 aliphatic carbocycles. The molecule has 2 amide bonds. The Morgan fingerprint density at radius 2 is 1.76 bits per heavy atom. The molecule has 3 heterocycles. The molecule has 6 nitrogen and oxygen atoms in total. The van der Waals surface area contributed by atoms with Crippen LogP contribution in [0.15, 0.2) is 18.2 Å². The smallest absolute Gasteiger partial charge is 0.387 e. The van der Waals surface area contributed by atoms with Crippen LogP contribution in [-0.2, 0) is 20.5 Å². The Kier molecular flexibility index (Phi) is 3.68. The third kappa shape index (κ3) is 2.13. The Morgan fingerprint density at radius 1 is 1.17 bits per heavy atom. The van der Waals surface area contributed by atoms with Gasteiger partial charge in [0, 0.05) is 11.6 Å². The minimum absolute atomic E-state index is 0.243. The fraction of sp³-hybridized carbons (Fsp3) is 0.550. The summed E-state index contributed by atoms with van der Waals surface area (Å²) in [6, 6.07) is 2.76. The van der Waals surface area contributed by atoms with E-state index in [1.54, 1.807) is 27.7 Å². The summed E-state index contributed by atoms with van der Waals surface area (Å²) in [6.07, 6.45) is -4.81. The molecule has 154 valence electrons. The number of benzene rings is 1.